The molecule has 0 saturated carbocycles. The van der Waals surface area contributed by atoms with E-state index in [4.69, 9.17) is 0 Å². The first-order valence-corrected chi connectivity index (χ1v) is 6.21. The number of esters is 1. The van der Waals surface area contributed by atoms with E-state index in [0.29, 0.717) is 11.3 Å². The third-order valence-corrected chi connectivity index (χ3v) is 2.82. The molecule has 0 aliphatic carbocycles. The van der Waals surface area contributed by atoms with Crippen molar-refractivity contribution >= 4 is 11.9 Å². The van der Waals surface area contributed by atoms with E-state index in [1.54, 1.807) is 12.1 Å². The van der Waals surface area contributed by atoms with Gasteiger partial charge in [-0.15, -0.1) is 0 Å². The molecule has 1 aromatic heterocycles. The van der Waals surface area contributed by atoms with Gasteiger partial charge in [-0.05, 0) is 24.3 Å². The van der Waals surface area contributed by atoms with Crippen molar-refractivity contribution in [3.63, 3.8) is 0 Å². The zero-order valence-electron chi connectivity index (χ0n) is 11.4. The van der Waals surface area contributed by atoms with E-state index < -0.39 is 11.9 Å². The molecule has 6 nitrogen and oxygen atoms in total. The summed E-state index contributed by atoms with van der Waals surface area (Å²) in [7, 11) is 1.29. The second-order valence-corrected chi connectivity index (χ2v) is 4.23. The fourth-order valence-corrected chi connectivity index (χ4v) is 1.75. The number of para-hydroxylation sites is 1. The van der Waals surface area contributed by atoms with Crippen LogP contribution in [0.1, 0.15) is 26.4 Å². The Bertz CT molecular complexity index is 670. The number of nitrogens with zero attached hydrogens (tertiary/aromatic N) is 1. The van der Waals surface area contributed by atoms with Gasteiger partial charge >= 0.3 is 5.97 Å². The summed E-state index contributed by atoms with van der Waals surface area (Å²) >= 11 is 0. The van der Waals surface area contributed by atoms with Gasteiger partial charge in [-0.1, -0.05) is 12.1 Å². The lowest BCUT2D eigenvalue weighted by molar-refractivity contribution is 0.0600. The summed E-state index contributed by atoms with van der Waals surface area (Å²) in [5, 5.41) is 12.2. The quantitative estimate of drug-likeness (QED) is 0.832. The SMILES string of the molecule is COC(=O)c1ccnc(CNC(=O)c2ccccc2O)c1. The lowest BCUT2D eigenvalue weighted by Crippen LogP contribution is -2.23. The number of nitrogens with one attached hydrogen (secondary N) is 1. The van der Waals surface area contributed by atoms with Crippen LogP contribution in [0.5, 0.6) is 5.75 Å². The molecular weight excluding hydrogens is 272 g/mol. The number of benzene rings is 1. The summed E-state index contributed by atoms with van der Waals surface area (Å²) < 4.78 is 4.61. The maximum absolute atomic E-state index is 11.9. The van der Waals surface area contributed by atoms with Crippen molar-refractivity contribution in [2.75, 3.05) is 7.11 Å². The van der Waals surface area contributed by atoms with Crippen LogP contribution >= 0.6 is 0 Å². The molecule has 0 atom stereocenters. The highest BCUT2D eigenvalue weighted by Crippen LogP contribution is 2.15. The number of ether oxygens (including phenoxy) is 1. The Hall–Kier alpha value is -2.89. The highest BCUT2D eigenvalue weighted by atomic mass is 16.5. The number of carbonyl (C=O) groups excluding carboxylic acids is 2. The van der Waals surface area contributed by atoms with E-state index in [-0.39, 0.29) is 17.9 Å². The van der Waals surface area contributed by atoms with Crippen molar-refractivity contribution in [1.82, 2.24) is 10.3 Å². The maximum atomic E-state index is 11.9. The van der Waals surface area contributed by atoms with E-state index >= 15 is 0 Å². The number of aromatic hydroxyl groups is 1. The number of rotatable bonds is 4. The molecule has 1 amide bonds. The number of methoxy groups -OCH3 is 1. The molecule has 2 aromatic rings. The third kappa shape index (κ3) is 3.56. The number of aromatic nitrogens is 1. The van der Waals surface area contributed by atoms with Gasteiger partial charge in [-0.25, -0.2) is 4.79 Å². The molecular formula is C15H14N2O4. The first-order valence-electron chi connectivity index (χ1n) is 6.21. The van der Waals surface area contributed by atoms with Crippen molar-refractivity contribution in [2.45, 2.75) is 6.54 Å². The van der Waals surface area contributed by atoms with Gasteiger partial charge in [0.1, 0.15) is 5.75 Å². The van der Waals surface area contributed by atoms with Crippen LogP contribution in [-0.2, 0) is 11.3 Å². The Labute approximate surface area is 121 Å². The lowest BCUT2D eigenvalue weighted by atomic mass is 10.2. The molecule has 0 aliphatic rings. The number of carbonyl (C=O) groups is 2. The predicted octanol–water partition coefficient (Wildman–Crippen LogP) is 1.50. The molecule has 0 aliphatic heterocycles. The van der Waals surface area contributed by atoms with Crippen molar-refractivity contribution in [1.29, 1.82) is 0 Å². The van der Waals surface area contributed by atoms with Gasteiger partial charge in [-0.3, -0.25) is 9.78 Å². The van der Waals surface area contributed by atoms with Crippen LogP contribution in [0.15, 0.2) is 42.6 Å². The van der Waals surface area contributed by atoms with Crippen LogP contribution in [-0.4, -0.2) is 29.1 Å². The molecule has 0 spiro atoms. The Kier molecular flexibility index (Phi) is 4.50. The highest BCUT2D eigenvalue weighted by molar-refractivity contribution is 5.96. The summed E-state index contributed by atoms with van der Waals surface area (Å²) in [6.45, 7) is 0.137. The van der Waals surface area contributed by atoms with Crippen LogP contribution < -0.4 is 5.32 Å². The fraction of sp³-hybridized carbons (Fsp3) is 0.133. The van der Waals surface area contributed by atoms with Gasteiger partial charge in [0, 0.05) is 6.20 Å². The smallest absolute Gasteiger partial charge is 0.337 e. The molecule has 0 fully saturated rings. The van der Waals surface area contributed by atoms with E-state index in [1.807, 2.05) is 0 Å². The molecule has 1 aromatic carbocycles. The van der Waals surface area contributed by atoms with Gasteiger partial charge < -0.3 is 15.2 Å². The molecule has 2 rings (SSSR count). The van der Waals surface area contributed by atoms with Gasteiger partial charge in [0.05, 0.1) is 30.5 Å². The van der Waals surface area contributed by atoms with Crippen LogP contribution in [0.2, 0.25) is 0 Å². The van der Waals surface area contributed by atoms with Crippen molar-refractivity contribution in [2.24, 2.45) is 0 Å². The first kappa shape index (κ1) is 14.5. The first-order chi connectivity index (χ1) is 10.1. The van der Waals surface area contributed by atoms with E-state index in [0.717, 1.165) is 0 Å². The predicted molar refractivity (Wildman–Crippen MR) is 74.9 cm³/mol. The Balaban J connectivity index is 2.05. The highest BCUT2D eigenvalue weighted by Gasteiger charge is 2.11. The zero-order valence-corrected chi connectivity index (χ0v) is 11.4. The maximum Gasteiger partial charge on any atom is 0.337 e. The second-order valence-electron chi connectivity index (χ2n) is 4.23. The number of phenolic OH excluding ortho intramolecular Hbond substituents is 1. The molecule has 6 heteroatoms. The van der Waals surface area contributed by atoms with Gasteiger partial charge in [0.2, 0.25) is 0 Å². The molecule has 2 N–H and O–H groups in total. The van der Waals surface area contributed by atoms with Crippen LogP contribution in [0.25, 0.3) is 0 Å². The number of hydrogen-bond acceptors (Lipinski definition) is 5. The second kappa shape index (κ2) is 6.51. The molecule has 0 unspecified atom stereocenters. The largest absolute Gasteiger partial charge is 0.507 e. The molecule has 0 bridgehead atoms. The standard InChI is InChI=1S/C15H14N2O4/c1-21-15(20)10-6-7-16-11(8-10)9-17-14(19)12-4-2-3-5-13(12)18/h2-8,18H,9H2,1H3,(H,17,19). The van der Waals surface area contributed by atoms with Crippen LogP contribution in [0, 0.1) is 0 Å². The average molecular weight is 286 g/mol. The lowest BCUT2D eigenvalue weighted by Gasteiger charge is -2.07. The van der Waals surface area contributed by atoms with Crippen LogP contribution in [0.3, 0.4) is 0 Å². The minimum absolute atomic E-state index is 0.0914. The van der Waals surface area contributed by atoms with Gasteiger partial charge in [0.25, 0.3) is 5.91 Å². The minimum Gasteiger partial charge on any atom is -0.507 e. The summed E-state index contributed by atoms with van der Waals surface area (Å²) in [5.74, 6) is -0.977. The summed E-state index contributed by atoms with van der Waals surface area (Å²) in [4.78, 5) is 27.4. The number of hydrogen-bond donors (Lipinski definition) is 2. The number of phenols is 1. The monoisotopic (exact) mass is 286 g/mol. The molecule has 1 heterocycles. The van der Waals surface area contributed by atoms with E-state index in [2.05, 4.69) is 15.0 Å². The molecule has 21 heavy (non-hydrogen) atoms. The Morgan fingerprint density at radius 3 is 2.76 bits per heavy atom. The summed E-state index contributed by atoms with van der Waals surface area (Å²) in [5.41, 5.74) is 1.06. The van der Waals surface area contributed by atoms with E-state index in [9.17, 15) is 14.7 Å². The molecule has 0 saturated heterocycles. The summed E-state index contributed by atoms with van der Waals surface area (Å²) in [6.07, 6.45) is 1.47. The fourth-order valence-electron chi connectivity index (χ4n) is 1.75. The van der Waals surface area contributed by atoms with Crippen molar-refractivity contribution in [3.8, 4) is 5.75 Å². The van der Waals surface area contributed by atoms with Gasteiger partial charge in [-0.2, -0.15) is 0 Å². The third-order valence-electron chi connectivity index (χ3n) is 2.82. The minimum atomic E-state index is -0.467. The van der Waals surface area contributed by atoms with Gasteiger partial charge in [0.15, 0.2) is 0 Å². The molecule has 108 valence electrons. The topological polar surface area (TPSA) is 88.5 Å². The van der Waals surface area contributed by atoms with Crippen molar-refractivity contribution in [3.05, 3.63) is 59.4 Å². The Morgan fingerprint density at radius 2 is 2.05 bits per heavy atom. The number of amides is 1. The van der Waals surface area contributed by atoms with E-state index in [1.165, 1.54) is 37.6 Å². The average Bonchev–Trinajstić information content (AvgIpc) is 2.52. The zero-order chi connectivity index (χ0) is 15.2. The van der Waals surface area contributed by atoms with Crippen molar-refractivity contribution < 1.29 is 19.4 Å². The van der Waals surface area contributed by atoms with Crippen LogP contribution in [0.4, 0.5) is 0 Å². The molecule has 0 radical (unpaired) electrons. The Morgan fingerprint density at radius 1 is 1.29 bits per heavy atom. The normalized spacial score (nSPS) is 9.95. The summed E-state index contributed by atoms with van der Waals surface area (Å²) in [6, 6.07) is 9.31. The number of pyridine rings is 1.